The zero-order valence-electron chi connectivity index (χ0n) is 16.7. The van der Waals surface area contributed by atoms with Gasteiger partial charge in [-0.1, -0.05) is 30.3 Å². The second-order valence-electron chi connectivity index (χ2n) is 8.89. The van der Waals surface area contributed by atoms with Crippen molar-refractivity contribution in [3.63, 3.8) is 0 Å². The SMILES string of the molecule is O=C(c1ccncc1)N1CCC2(CC1)CC(c1ccccc1)C(=O)N(C1CC1)C2. The Bertz CT molecular complexity index is 887. The molecule has 2 aliphatic heterocycles. The summed E-state index contributed by atoms with van der Waals surface area (Å²) in [6, 6.07) is 14.3. The molecule has 1 spiro atoms. The lowest BCUT2D eigenvalue weighted by Crippen LogP contribution is -2.55. The van der Waals surface area contributed by atoms with Gasteiger partial charge < -0.3 is 9.80 Å². The van der Waals surface area contributed by atoms with Gasteiger partial charge in [-0.15, -0.1) is 0 Å². The molecule has 0 radical (unpaired) electrons. The predicted molar refractivity (Wildman–Crippen MR) is 110 cm³/mol. The fraction of sp³-hybridized carbons (Fsp3) is 0.458. The van der Waals surface area contributed by atoms with E-state index in [1.165, 1.54) is 0 Å². The van der Waals surface area contributed by atoms with Crippen LogP contribution in [0.5, 0.6) is 0 Å². The van der Waals surface area contributed by atoms with E-state index in [1.807, 2.05) is 23.1 Å². The van der Waals surface area contributed by atoms with Crippen LogP contribution < -0.4 is 0 Å². The summed E-state index contributed by atoms with van der Waals surface area (Å²) in [6.07, 6.45) is 8.43. The van der Waals surface area contributed by atoms with Gasteiger partial charge in [-0.05, 0) is 55.2 Å². The normalized spacial score (nSPS) is 24.0. The highest BCUT2D eigenvalue weighted by atomic mass is 16.2. The van der Waals surface area contributed by atoms with E-state index in [4.69, 9.17) is 0 Å². The first-order valence-corrected chi connectivity index (χ1v) is 10.7. The van der Waals surface area contributed by atoms with E-state index < -0.39 is 0 Å². The van der Waals surface area contributed by atoms with Gasteiger partial charge in [0.05, 0.1) is 5.92 Å². The Labute approximate surface area is 171 Å². The molecule has 0 bridgehead atoms. The Morgan fingerprint density at radius 2 is 1.69 bits per heavy atom. The van der Waals surface area contributed by atoms with Gasteiger partial charge in [0.2, 0.25) is 5.91 Å². The first-order chi connectivity index (χ1) is 14.2. The monoisotopic (exact) mass is 389 g/mol. The Kier molecular flexibility index (Phi) is 4.61. The van der Waals surface area contributed by atoms with Crippen LogP contribution in [0.2, 0.25) is 0 Å². The van der Waals surface area contributed by atoms with Gasteiger partial charge in [0.15, 0.2) is 0 Å². The predicted octanol–water partition coefficient (Wildman–Crippen LogP) is 3.48. The number of likely N-dealkylation sites (tertiary alicyclic amines) is 2. The largest absolute Gasteiger partial charge is 0.339 e. The minimum absolute atomic E-state index is 0.0481. The summed E-state index contributed by atoms with van der Waals surface area (Å²) in [5, 5.41) is 0. The van der Waals surface area contributed by atoms with Crippen molar-refractivity contribution in [2.75, 3.05) is 19.6 Å². The Morgan fingerprint density at radius 1 is 1.00 bits per heavy atom. The van der Waals surface area contributed by atoms with Crippen LogP contribution in [0.4, 0.5) is 0 Å². The minimum atomic E-state index is -0.0481. The Hall–Kier alpha value is -2.69. The fourth-order valence-corrected chi connectivity index (χ4v) is 5.09. The van der Waals surface area contributed by atoms with Crippen molar-refractivity contribution >= 4 is 11.8 Å². The van der Waals surface area contributed by atoms with Crippen LogP contribution >= 0.6 is 0 Å². The Balaban J connectivity index is 1.35. The summed E-state index contributed by atoms with van der Waals surface area (Å²) in [4.78, 5) is 34.2. The van der Waals surface area contributed by atoms with E-state index in [2.05, 4.69) is 22.0 Å². The number of hydrogen-bond acceptors (Lipinski definition) is 3. The van der Waals surface area contributed by atoms with Gasteiger partial charge in [-0.2, -0.15) is 0 Å². The maximum atomic E-state index is 13.2. The van der Waals surface area contributed by atoms with E-state index in [0.29, 0.717) is 17.5 Å². The summed E-state index contributed by atoms with van der Waals surface area (Å²) in [5.41, 5.74) is 1.96. The van der Waals surface area contributed by atoms with E-state index in [9.17, 15) is 9.59 Å². The van der Waals surface area contributed by atoms with Crippen LogP contribution in [0.1, 0.15) is 53.9 Å². The molecule has 5 heteroatoms. The summed E-state index contributed by atoms with van der Waals surface area (Å²) >= 11 is 0. The van der Waals surface area contributed by atoms with Crippen LogP contribution in [0, 0.1) is 5.41 Å². The van der Waals surface area contributed by atoms with Crippen LogP contribution in [0.25, 0.3) is 0 Å². The van der Waals surface area contributed by atoms with Crippen molar-refractivity contribution in [1.82, 2.24) is 14.8 Å². The van der Waals surface area contributed by atoms with Crippen LogP contribution in [-0.2, 0) is 4.79 Å². The molecule has 1 aliphatic carbocycles. The molecule has 2 amide bonds. The van der Waals surface area contributed by atoms with Crippen molar-refractivity contribution in [3.05, 3.63) is 66.0 Å². The maximum Gasteiger partial charge on any atom is 0.253 e. The first-order valence-electron chi connectivity index (χ1n) is 10.7. The average molecular weight is 389 g/mol. The molecule has 2 aromatic rings. The molecule has 150 valence electrons. The fourth-order valence-electron chi connectivity index (χ4n) is 5.09. The molecule has 3 fully saturated rings. The standard InChI is InChI=1S/C24H27N3O2/c28-22(19-8-12-25-13-9-19)26-14-10-24(11-15-26)16-21(18-4-2-1-3-5-18)23(29)27(17-24)20-6-7-20/h1-5,8-9,12-13,20-21H,6-7,10-11,14-17H2. The minimum Gasteiger partial charge on any atom is -0.339 e. The third kappa shape index (κ3) is 3.54. The maximum absolute atomic E-state index is 13.2. The molecule has 3 heterocycles. The van der Waals surface area contributed by atoms with Gasteiger partial charge in [-0.25, -0.2) is 0 Å². The highest BCUT2D eigenvalue weighted by Crippen LogP contribution is 2.48. The van der Waals surface area contributed by atoms with Gasteiger partial charge in [0.1, 0.15) is 0 Å². The number of nitrogens with zero attached hydrogens (tertiary/aromatic N) is 3. The highest BCUT2D eigenvalue weighted by Gasteiger charge is 2.49. The zero-order valence-corrected chi connectivity index (χ0v) is 16.7. The third-order valence-electron chi connectivity index (χ3n) is 6.95. The average Bonchev–Trinajstić information content (AvgIpc) is 3.62. The number of aromatic nitrogens is 1. The highest BCUT2D eigenvalue weighted by molar-refractivity contribution is 5.94. The smallest absolute Gasteiger partial charge is 0.253 e. The molecule has 1 unspecified atom stereocenters. The summed E-state index contributed by atoms with van der Waals surface area (Å²) in [5.74, 6) is 0.348. The van der Waals surface area contributed by atoms with Crippen molar-refractivity contribution in [1.29, 1.82) is 0 Å². The number of piperidine rings is 2. The van der Waals surface area contributed by atoms with Crippen molar-refractivity contribution < 1.29 is 9.59 Å². The van der Waals surface area contributed by atoms with E-state index in [-0.39, 0.29) is 17.2 Å². The lowest BCUT2D eigenvalue weighted by atomic mass is 9.67. The van der Waals surface area contributed by atoms with E-state index in [0.717, 1.165) is 57.3 Å². The molecule has 3 aliphatic rings. The molecule has 1 aromatic carbocycles. The second-order valence-corrected chi connectivity index (χ2v) is 8.89. The number of amides is 2. The number of rotatable bonds is 3. The summed E-state index contributed by atoms with van der Waals surface area (Å²) in [7, 11) is 0. The first kappa shape index (κ1) is 18.3. The lowest BCUT2D eigenvalue weighted by molar-refractivity contribution is -0.142. The molecule has 1 aromatic heterocycles. The second kappa shape index (κ2) is 7.29. The third-order valence-corrected chi connectivity index (χ3v) is 6.95. The van der Waals surface area contributed by atoms with Gasteiger partial charge in [0, 0.05) is 43.6 Å². The summed E-state index contributed by atoms with van der Waals surface area (Å²) in [6.45, 7) is 2.38. The quantitative estimate of drug-likeness (QED) is 0.808. The number of carbonyl (C=O) groups is 2. The lowest BCUT2D eigenvalue weighted by Gasteiger charge is -2.50. The van der Waals surface area contributed by atoms with Gasteiger partial charge in [0.25, 0.3) is 5.91 Å². The van der Waals surface area contributed by atoms with Crippen molar-refractivity contribution in [2.24, 2.45) is 5.41 Å². The van der Waals surface area contributed by atoms with E-state index >= 15 is 0 Å². The molecule has 1 saturated carbocycles. The zero-order chi connectivity index (χ0) is 19.8. The number of hydrogen-bond donors (Lipinski definition) is 0. The van der Waals surface area contributed by atoms with Crippen molar-refractivity contribution in [2.45, 2.75) is 44.1 Å². The number of benzene rings is 1. The van der Waals surface area contributed by atoms with Crippen molar-refractivity contribution in [3.8, 4) is 0 Å². The molecule has 29 heavy (non-hydrogen) atoms. The Morgan fingerprint density at radius 3 is 2.34 bits per heavy atom. The summed E-state index contributed by atoms with van der Waals surface area (Å²) < 4.78 is 0. The molecule has 5 nitrogen and oxygen atoms in total. The molecule has 0 N–H and O–H groups in total. The van der Waals surface area contributed by atoms with E-state index in [1.54, 1.807) is 24.5 Å². The van der Waals surface area contributed by atoms with Crippen LogP contribution in [-0.4, -0.2) is 52.3 Å². The number of pyridine rings is 1. The van der Waals surface area contributed by atoms with Gasteiger partial charge >= 0.3 is 0 Å². The molecule has 5 rings (SSSR count). The van der Waals surface area contributed by atoms with Gasteiger partial charge in [-0.3, -0.25) is 14.6 Å². The van der Waals surface area contributed by atoms with Crippen LogP contribution in [0.3, 0.4) is 0 Å². The number of carbonyl (C=O) groups excluding carboxylic acids is 2. The van der Waals surface area contributed by atoms with Crippen LogP contribution in [0.15, 0.2) is 54.9 Å². The molecular formula is C24H27N3O2. The molecule has 2 saturated heterocycles. The topological polar surface area (TPSA) is 53.5 Å². The molecular weight excluding hydrogens is 362 g/mol. The molecule has 1 atom stereocenters.